The Kier molecular flexibility index (Phi) is 4.90. The Bertz CT molecular complexity index is 556. The maximum absolute atomic E-state index is 12.3. The number of carbonyl (C=O) groups is 1. The van der Waals surface area contributed by atoms with Gasteiger partial charge in [0.1, 0.15) is 24.6 Å². The van der Waals surface area contributed by atoms with Crippen LogP contribution in [0, 0.1) is 11.8 Å². The maximum Gasteiger partial charge on any atom is 0.339 e. The molecule has 0 bridgehead atoms. The molecule has 6 nitrogen and oxygen atoms in total. The van der Waals surface area contributed by atoms with Crippen LogP contribution in [0.1, 0.15) is 38.1 Å². The fourth-order valence-electron chi connectivity index (χ4n) is 3.47. The number of ether oxygens (including phenoxy) is 3. The highest BCUT2D eigenvalue weighted by Gasteiger charge is 2.57. The second-order valence-electron chi connectivity index (χ2n) is 7.34. The summed E-state index contributed by atoms with van der Waals surface area (Å²) < 4.78 is 17.7. The Morgan fingerprint density at radius 3 is 2.42 bits per heavy atom. The molecule has 2 fully saturated rings. The van der Waals surface area contributed by atoms with E-state index in [1.54, 1.807) is 18.3 Å². The maximum atomic E-state index is 12.3. The van der Waals surface area contributed by atoms with Crippen LogP contribution in [0.4, 0.5) is 0 Å². The summed E-state index contributed by atoms with van der Waals surface area (Å²) in [6.07, 6.45) is 3.11. The zero-order valence-electron chi connectivity index (χ0n) is 14.8. The lowest BCUT2D eigenvalue weighted by atomic mass is 9.99. The van der Waals surface area contributed by atoms with Crippen molar-refractivity contribution in [1.82, 2.24) is 9.88 Å². The molecule has 24 heavy (non-hydrogen) atoms. The summed E-state index contributed by atoms with van der Waals surface area (Å²) in [4.78, 5) is 18.5. The van der Waals surface area contributed by atoms with Crippen LogP contribution in [0.2, 0.25) is 0 Å². The highest BCUT2D eigenvalue weighted by molar-refractivity contribution is 5.88. The number of aromatic nitrogens is 1. The Hall–Kier alpha value is -1.50. The summed E-state index contributed by atoms with van der Waals surface area (Å²) in [5.74, 6) is 0.311. The summed E-state index contributed by atoms with van der Waals surface area (Å²) >= 11 is 0. The van der Waals surface area contributed by atoms with Gasteiger partial charge in [0.05, 0.1) is 18.8 Å². The van der Waals surface area contributed by atoms with Gasteiger partial charge in [0.15, 0.2) is 0 Å². The van der Waals surface area contributed by atoms with Crippen molar-refractivity contribution in [2.45, 2.75) is 45.7 Å². The molecule has 3 heterocycles. The topological polar surface area (TPSA) is 60.9 Å². The number of esters is 1. The zero-order chi connectivity index (χ0) is 17.3. The zero-order valence-corrected chi connectivity index (χ0v) is 14.8. The minimum absolute atomic E-state index is 0.0167. The fraction of sp³-hybridized carbons (Fsp3) is 0.667. The number of pyridine rings is 1. The van der Waals surface area contributed by atoms with Crippen molar-refractivity contribution in [3.63, 3.8) is 0 Å². The van der Waals surface area contributed by atoms with E-state index in [2.05, 4.69) is 37.6 Å². The van der Waals surface area contributed by atoms with E-state index >= 15 is 0 Å². The van der Waals surface area contributed by atoms with Crippen LogP contribution in [-0.4, -0.2) is 53.7 Å². The van der Waals surface area contributed by atoms with Crippen molar-refractivity contribution < 1.29 is 19.0 Å². The first-order valence-electron chi connectivity index (χ1n) is 8.53. The van der Waals surface area contributed by atoms with Gasteiger partial charge in [-0.25, -0.2) is 9.69 Å². The van der Waals surface area contributed by atoms with Crippen molar-refractivity contribution in [1.29, 1.82) is 0 Å². The van der Waals surface area contributed by atoms with Gasteiger partial charge >= 0.3 is 5.97 Å². The second kappa shape index (κ2) is 6.78. The van der Waals surface area contributed by atoms with Gasteiger partial charge in [-0.1, -0.05) is 27.7 Å². The van der Waals surface area contributed by atoms with Crippen molar-refractivity contribution in [2.24, 2.45) is 11.8 Å². The van der Waals surface area contributed by atoms with Crippen molar-refractivity contribution in [2.75, 3.05) is 19.8 Å². The number of nitrogens with zero attached hydrogens (tertiary/aromatic N) is 2. The summed E-state index contributed by atoms with van der Waals surface area (Å²) in [7, 11) is 0. The quantitative estimate of drug-likeness (QED) is 0.770. The van der Waals surface area contributed by atoms with E-state index in [0.29, 0.717) is 30.6 Å². The second-order valence-corrected chi connectivity index (χ2v) is 7.34. The monoisotopic (exact) mass is 334 g/mol. The first-order chi connectivity index (χ1) is 11.4. The minimum atomic E-state index is -0.401. The number of fused-ring (bicyclic) bond motifs is 1. The Morgan fingerprint density at radius 2 is 1.92 bits per heavy atom. The van der Waals surface area contributed by atoms with Gasteiger partial charge in [-0.2, -0.15) is 0 Å². The molecule has 6 heteroatoms. The van der Waals surface area contributed by atoms with E-state index in [-0.39, 0.29) is 25.0 Å². The number of hydrogen-bond acceptors (Lipinski definition) is 6. The third kappa shape index (κ3) is 3.06. The van der Waals surface area contributed by atoms with Gasteiger partial charge in [0, 0.05) is 12.4 Å². The number of carbonyl (C=O) groups excluding carboxylic acids is 1. The van der Waals surface area contributed by atoms with Crippen LogP contribution in [0.3, 0.4) is 0 Å². The summed E-state index contributed by atoms with van der Waals surface area (Å²) in [5.41, 5.74) is 0.0565. The van der Waals surface area contributed by atoms with E-state index in [1.807, 2.05) is 0 Å². The highest BCUT2D eigenvalue weighted by Crippen LogP contribution is 2.41. The molecule has 1 aromatic heterocycles. The van der Waals surface area contributed by atoms with E-state index in [9.17, 15) is 4.79 Å². The standard InChI is InChI=1S/C18H26N2O4/c1-12(2)15-20-16(13(3)4)23-10-18(20,9-22-15)11-24-17(21)14-6-5-7-19-8-14/h5-8,12-13,15-16H,9-11H2,1-4H3/t15-,16+,18?. The Labute approximate surface area is 143 Å². The Balaban J connectivity index is 1.74. The molecular formula is C18H26N2O4. The van der Waals surface area contributed by atoms with Crippen molar-refractivity contribution in [3.05, 3.63) is 30.1 Å². The van der Waals surface area contributed by atoms with Crippen LogP contribution in [0.5, 0.6) is 0 Å². The molecule has 1 aromatic rings. The highest BCUT2D eigenvalue weighted by atomic mass is 16.6. The lowest BCUT2D eigenvalue weighted by Gasteiger charge is -2.36. The third-order valence-electron chi connectivity index (χ3n) is 4.65. The average molecular weight is 334 g/mol. The molecule has 2 aliphatic rings. The summed E-state index contributed by atoms with van der Waals surface area (Å²) in [6.45, 7) is 9.83. The SMILES string of the molecule is CC(C)[C@H]1OCC2(COC(=O)c3cccnc3)CO[C@@H](C(C)C)N12. The third-order valence-corrected chi connectivity index (χ3v) is 4.65. The predicted octanol–water partition coefficient (Wildman–Crippen LogP) is 2.30. The van der Waals surface area contributed by atoms with Gasteiger partial charge < -0.3 is 14.2 Å². The molecule has 132 valence electrons. The molecule has 3 rings (SSSR count). The fourth-order valence-corrected chi connectivity index (χ4v) is 3.47. The molecule has 0 N–H and O–H groups in total. The van der Waals surface area contributed by atoms with Crippen LogP contribution in [0.25, 0.3) is 0 Å². The first-order valence-corrected chi connectivity index (χ1v) is 8.53. The molecule has 1 unspecified atom stereocenters. The van der Waals surface area contributed by atoms with Crippen LogP contribution >= 0.6 is 0 Å². The molecule has 0 spiro atoms. The number of rotatable bonds is 5. The van der Waals surface area contributed by atoms with Gasteiger partial charge in [0.25, 0.3) is 0 Å². The molecular weight excluding hydrogens is 308 g/mol. The van der Waals surface area contributed by atoms with E-state index < -0.39 is 5.54 Å². The molecule has 3 atom stereocenters. The molecule has 2 aliphatic heterocycles. The van der Waals surface area contributed by atoms with Crippen molar-refractivity contribution >= 4 is 5.97 Å². The smallest absolute Gasteiger partial charge is 0.339 e. The van der Waals surface area contributed by atoms with E-state index in [4.69, 9.17) is 14.2 Å². The molecule has 2 saturated heterocycles. The van der Waals surface area contributed by atoms with Gasteiger partial charge in [0.2, 0.25) is 0 Å². The molecule has 0 aliphatic carbocycles. The van der Waals surface area contributed by atoms with Crippen LogP contribution in [0.15, 0.2) is 24.5 Å². The average Bonchev–Trinajstić information content (AvgIpc) is 3.10. The first kappa shape index (κ1) is 17.3. The number of hydrogen-bond donors (Lipinski definition) is 0. The lowest BCUT2D eigenvalue weighted by Crippen LogP contribution is -2.54. The largest absolute Gasteiger partial charge is 0.460 e. The molecule has 0 aromatic carbocycles. The lowest BCUT2D eigenvalue weighted by molar-refractivity contribution is -0.0961. The normalized spacial score (nSPS) is 30.1. The van der Waals surface area contributed by atoms with Gasteiger partial charge in [-0.15, -0.1) is 0 Å². The molecule has 0 saturated carbocycles. The van der Waals surface area contributed by atoms with Gasteiger partial charge in [-0.3, -0.25) is 4.98 Å². The molecule has 0 radical (unpaired) electrons. The van der Waals surface area contributed by atoms with Crippen molar-refractivity contribution in [3.8, 4) is 0 Å². The van der Waals surface area contributed by atoms with E-state index in [0.717, 1.165) is 0 Å². The van der Waals surface area contributed by atoms with E-state index in [1.165, 1.54) is 6.20 Å². The summed E-state index contributed by atoms with van der Waals surface area (Å²) in [5, 5.41) is 0. The Morgan fingerprint density at radius 1 is 1.29 bits per heavy atom. The van der Waals surface area contributed by atoms with Crippen LogP contribution < -0.4 is 0 Å². The summed E-state index contributed by atoms with van der Waals surface area (Å²) in [6, 6.07) is 3.43. The predicted molar refractivity (Wildman–Crippen MR) is 88.2 cm³/mol. The molecule has 0 amide bonds. The van der Waals surface area contributed by atoms with Gasteiger partial charge in [-0.05, 0) is 24.0 Å². The van der Waals surface area contributed by atoms with Crippen LogP contribution in [-0.2, 0) is 14.2 Å². The minimum Gasteiger partial charge on any atom is -0.460 e.